The number of unbranched alkanes of at least 4 members (excludes halogenated alkanes) is 2. The summed E-state index contributed by atoms with van der Waals surface area (Å²) in [5, 5.41) is 3.08. The monoisotopic (exact) mass is 211 g/mol. The lowest BCUT2D eigenvalue weighted by Crippen LogP contribution is -2.03. The van der Waals surface area contributed by atoms with E-state index in [0.717, 1.165) is 25.3 Å². The van der Waals surface area contributed by atoms with Gasteiger partial charge in [-0.25, -0.2) is 0 Å². The van der Waals surface area contributed by atoms with Crippen molar-refractivity contribution < 1.29 is 9.15 Å². The first-order valence-corrected chi connectivity index (χ1v) is 5.65. The molecule has 0 atom stereocenters. The molecule has 0 aliphatic carbocycles. The van der Waals surface area contributed by atoms with Crippen LogP contribution in [-0.4, -0.2) is 13.7 Å². The Morgan fingerprint density at radius 3 is 3.00 bits per heavy atom. The average molecular weight is 211 g/mol. The molecule has 0 fully saturated rings. The SMILES string of the molecule is CCCCCOCc1cc(CNC)co1. The summed E-state index contributed by atoms with van der Waals surface area (Å²) < 4.78 is 10.9. The predicted octanol–water partition coefficient (Wildman–Crippen LogP) is 2.71. The fourth-order valence-corrected chi connectivity index (χ4v) is 1.43. The molecular formula is C12H21NO2. The average Bonchev–Trinajstić information content (AvgIpc) is 2.66. The Bertz CT molecular complexity index is 258. The highest BCUT2D eigenvalue weighted by Crippen LogP contribution is 2.09. The van der Waals surface area contributed by atoms with E-state index in [9.17, 15) is 0 Å². The maximum Gasteiger partial charge on any atom is 0.129 e. The zero-order valence-electron chi connectivity index (χ0n) is 9.71. The van der Waals surface area contributed by atoms with E-state index in [2.05, 4.69) is 12.2 Å². The highest BCUT2D eigenvalue weighted by Gasteiger charge is 2.00. The molecule has 1 aromatic heterocycles. The van der Waals surface area contributed by atoms with Gasteiger partial charge in [-0.3, -0.25) is 0 Å². The van der Waals surface area contributed by atoms with Gasteiger partial charge >= 0.3 is 0 Å². The topological polar surface area (TPSA) is 34.4 Å². The van der Waals surface area contributed by atoms with Gasteiger partial charge in [-0.2, -0.15) is 0 Å². The summed E-state index contributed by atoms with van der Waals surface area (Å²) in [4.78, 5) is 0. The first-order valence-electron chi connectivity index (χ1n) is 5.65. The maximum atomic E-state index is 5.50. The zero-order valence-corrected chi connectivity index (χ0v) is 9.71. The van der Waals surface area contributed by atoms with E-state index in [1.165, 1.54) is 18.4 Å². The van der Waals surface area contributed by atoms with E-state index in [-0.39, 0.29) is 0 Å². The molecule has 0 bridgehead atoms. The van der Waals surface area contributed by atoms with Crippen molar-refractivity contribution in [3.8, 4) is 0 Å². The third-order valence-corrected chi connectivity index (χ3v) is 2.23. The van der Waals surface area contributed by atoms with Crippen LogP contribution in [0.4, 0.5) is 0 Å². The molecule has 0 radical (unpaired) electrons. The first-order chi connectivity index (χ1) is 7.36. The Morgan fingerprint density at radius 2 is 2.27 bits per heavy atom. The Balaban J connectivity index is 2.14. The van der Waals surface area contributed by atoms with E-state index < -0.39 is 0 Å². The molecule has 3 heteroatoms. The molecule has 1 aromatic rings. The molecule has 1 N–H and O–H groups in total. The fourth-order valence-electron chi connectivity index (χ4n) is 1.43. The lowest BCUT2D eigenvalue weighted by Gasteiger charge is -2.00. The number of nitrogens with one attached hydrogen (secondary N) is 1. The van der Waals surface area contributed by atoms with Crippen molar-refractivity contribution in [3.05, 3.63) is 23.7 Å². The van der Waals surface area contributed by atoms with Gasteiger partial charge in [0, 0.05) is 18.7 Å². The largest absolute Gasteiger partial charge is 0.467 e. The summed E-state index contributed by atoms with van der Waals surface area (Å²) in [6.07, 6.45) is 5.39. The number of rotatable bonds is 8. The van der Waals surface area contributed by atoms with E-state index >= 15 is 0 Å². The summed E-state index contributed by atoms with van der Waals surface area (Å²) in [6, 6.07) is 2.04. The second-order valence-electron chi connectivity index (χ2n) is 3.71. The summed E-state index contributed by atoms with van der Waals surface area (Å²) in [7, 11) is 1.92. The molecule has 15 heavy (non-hydrogen) atoms. The molecule has 0 unspecified atom stereocenters. The van der Waals surface area contributed by atoms with Crippen LogP contribution in [0.1, 0.15) is 37.5 Å². The molecule has 86 valence electrons. The fraction of sp³-hybridized carbons (Fsp3) is 0.667. The molecule has 0 saturated heterocycles. The third kappa shape index (κ3) is 5.00. The van der Waals surface area contributed by atoms with Gasteiger partial charge in [0.25, 0.3) is 0 Å². The van der Waals surface area contributed by atoms with Crippen LogP contribution in [0.25, 0.3) is 0 Å². The maximum absolute atomic E-state index is 5.50. The van der Waals surface area contributed by atoms with Gasteiger partial charge in [0.15, 0.2) is 0 Å². The number of hydrogen-bond acceptors (Lipinski definition) is 3. The smallest absolute Gasteiger partial charge is 0.129 e. The molecule has 0 aliphatic rings. The van der Waals surface area contributed by atoms with Gasteiger partial charge in [0.05, 0.1) is 6.26 Å². The van der Waals surface area contributed by atoms with Crippen LogP contribution < -0.4 is 5.32 Å². The van der Waals surface area contributed by atoms with E-state index in [4.69, 9.17) is 9.15 Å². The van der Waals surface area contributed by atoms with E-state index in [0.29, 0.717) is 6.61 Å². The van der Waals surface area contributed by atoms with Gasteiger partial charge < -0.3 is 14.5 Å². The molecule has 0 aromatic carbocycles. The number of hydrogen-bond donors (Lipinski definition) is 1. The summed E-state index contributed by atoms with van der Waals surface area (Å²) in [5.74, 6) is 0.914. The highest BCUT2D eigenvalue weighted by molar-refractivity contribution is 5.11. The van der Waals surface area contributed by atoms with Gasteiger partial charge in [-0.1, -0.05) is 19.8 Å². The number of furan rings is 1. The quantitative estimate of drug-likeness (QED) is 0.671. The van der Waals surface area contributed by atoms with Gasteiger partial charge in [-0.05, 0) is 19.5 Å². The van der Waals surface area contributed by atoms with Crippen molar-refractivity contribution in [2.24, 2.45) is 0 Å². The highest BCUT2D eigenvalue weighted by atomic mass is 16.5. The van der Waals surface area contributed by atoms with Gasteiger partial charge in [-0.15, -0.1) is 0 Å². The summed E-state index contributed by atoms with van der Waals surface area (Å²) >= 11 is 0. The van der Waals surface area contributed by atoms with Gasteiger partial charge in [0.2, 0.25) is 0 Å². The van der Waals surface area contributed by atoms with Crippen LogP contribution in [0, 0.1) is 0 Å². The summed E-state index contributed by atoms with van der Waals surface area (Å²) in [5.41, 5.74) is 1.17. The molecule has 1 rings (SSSR count). The Labute approximate surface area is 91.8 Å². The molecule has 0 amide bonds. The van der Waals surface area contributed by atoms with Crippen LogP contribution in [0.2, 0.25) is 0 Å². The van der Waals surface area contributed by atoms with Crippen LogP contribution in [0.15, 0.2) is 16.7 Å². The molecule has 3 nitrogen and oxygen atoms in total. The lowest BCUT2D eigenvalue weighted by atomic mass is 10.3. The van der Waals surface area contributed by atoms with Crippen molar-refractivity contribution in [2.75, 3.05) is 13.7 Å². The number of ether oxygens (including phenoxy) is 1. The summed E-state index contributed by atoms with van der Waals surface area (Å²) in [6.45, 7) is 4.46. The van der Waals surface area contributed by atoms with Crippen molar-refractivity contribution in [1.82, 2.24) is 5.32 Å². The van der Waals surface area contributed by atoms with Crippen LogP contribution >= 0.6 is 0 Å². The minimum atomic E-state index is 0.591. The lowest BCUT2D eigenvalue weighted by molar-refractivity contribution is 0.103. The van der Waals surface area contributed by atoms with Crippen LogP contribution in [0.5, 0.6) is 0 Å². The van der Waals surface area contributed by atoms with Crippen LogP contribution in [-0.2, 0) is 17.9 Å². The minimum absolute atomic E-state index is 0.591. The zero-order chi connectivity index (χ0) is 10.9. The first kappa shape index (κ1) is 12.3. The standard InChI is InChI=1S/C12H21NO2/c1-3-4-5-6-14-10-12-7-11(8-13-2)9-15-12/h7,9,13H,3-6,8,10H2,1-2H3. The molecule has 0 saturated carbocycles. The third-order valence-electron chi connectivity index (χ3n) is 2.23. The van der Waals surface area contributed by atoms with E-state index in [1.807, 2.05) is 13.1 Å². The second kappa shape index (κ2) is 7.49. The minimum Gasteiger partial charge on any atom is -0.467 e. The molecule has 0 spiro atoms. The van der Waals surface area contributed by atoms with Crippen LogP contribution in [0.3, 0.4) is 0 Å². The Hall–Kier alpha value is -0.800. The predicted molar refractivity (Wildman–Crippen MR) is 60.7 cm³/mol. The molecule has 0 aliphatic heterocycles. The van der Waals surface area contributed by atoms with Crippen molar-refractivity contribution >= 4 is 0 Å². The normalized spacial score (nSPS) is 10.8. The second-order valence-corrected chi connectivity index (χ2v) is 3.71. The van der Waals surface area contributed by atoms with Crippen molar-refractivity contribution in [1.29, 1.82) is 0 Å². The molecule has 1 heterocycles. The molecular weight excluding hydrogens is 190 g/mol. The van der Waals surface area contributed by atoms with E-state index in [1.54, 1.807) is 6.26 Å². The van der Waals surface area contributed by atoms with Gasteiger partial charge in [0.1, 0.15) is 12.4 Å². The van der Waals surface area contributed by atoms with Crippen molar-refractivity contribution in [2.45, 2.75) is 39.3 Å². The Kier molecular flexibility index (Phi) is 6.12. The Morgan fingerprint density at radius 1 is 1.40 bits per heavy atom. The van der Waals surface area contributed by atoms with Crippen molar-refractivity contribution in [3.63, 3.8) is 0 Å².